The zero-order valence-electron chi connectivity index (χ0n) is 12.8. The molecule has 1 aliphatic heterocycles. The second-order valence-electron chi connectivity index (χ2n) is 5.64. The number of likely N-dealkylation sites (N-methyl/N-ethyl adjacent to an activating group) is 1. The fourth-order valence-electron chi connectivity index (χ4n) is 2.72. The molecule has 22 heavy (non-hydrogen) atoms. The number of thiocarbonyl (C=S) groups is 1. The van der Waals surface area contributed by atoms with Gasteiger partial charge in [-0.05, 0) is 49.9 Å². The van der Waals surface area contributed by atoms with Crippen molar-refractivity contribution in [3.63, 3.8) is 0 Å². The molecule has 1 N–H and O–H groups in total. The first-order valence-electron chi connectivity index (χ1n) is 7.33. The van der Waals surface area contributed by atoms with E-state index in [4.69, 9.17) is 12.2 Å². The highest BCUT2D eigenvalue weighted by Crippen LogP contribution is 2.39. The third-order valence-corrected chi connectivity index (χ3v) is 5.12. The van der Waals surface area contributed by atoms with Crippen molar-refractivity contribution >= 4 is 28.7 Å². The first-order chi connectivity index (χ1) is 10.7. The molecule has 6 heteroatoms. The zero-order chi connectivity index (χ0) is 15.5. The molecular weight excluding hydrogens is 312 g/mol. The van der Waals surface area contributed by atoms with Crippen LogP contribution in [0.3, 0.4) is 0 Å². The van der Waals surface area contributed by atoms with Crippen molar-refractivity contribution < 1.29 is 0 Å². The van der Waals surface area contributed by atoms with Gasteiger partial charge in [0.25, 0.3) is 0 Å². The van der Waals surface area contributed by atoms with Crippen LogP contribution in [-0.4, -0.2) is 47.1 Å². The van der Waals surface area contributed by atoms with Crippen LogP contribution >= 0.6 is 23.6 Å². The summed E-state index contributed by atoms with van der Waals surface area (Å²) in [6, 6.07) is 10.6. The van der Waals surface area contributed by atoms with Gasteiger partial charge in [-0.15, -0.1) is 11.3 Å². The Bertz CT molecular complexity index is 612. The summed E-state index contributed by atoms with van der Waals surface area (Å²) in [6.45, 7) is 1.88. The molecule has 2 atom stereocenters. The Kier molecular flexibility index (Phi) is 4.71. The smallest absolute Gasteiger partial charge is 0.170 e. The molecule has 3 rings (SSSR count). The third-order valence-electron chi connectivity index (χ3n) is 3.82. The molecular formula is C16H20N4S2. The van der Waals surface area contributed by atoms with E-state index in [1.807, 2.05) is 18.3 Å². The maximum absolute atomic E-state index is 5.59. The minimum Gasteiger partial charge on any atom is -0.352 e. The second kappa shape index (κ2) is 6.73. The quantitative estimate of drug-likeness (QED) is 0.851. The highest BCUT2D eigenvalue weighted by atomic mass is 32.1. The normalized spacial score (nSPS) is 21.4. The maximum Gasteiger partial charge on any atom is 0.170 e. The summed E-state index contributed by atoms with van der Waals surface area (Å²) in [7, 11) is 4.17. The first-order valence-corrected chi connectivity index (χ1v) is 8.62. The van der Waals surface area contributed by atoms with Crippen LogP contribution in [0.1, 0.15) is 22.7 Å². The van der Waals surface area contributed by atoms with E-state index in [-0.39, 0.29) is 12.1 Å². The molecule has 0 radical (unpaired) electrons. The molecule has 2 aromatic heterocycles. The van der Waals surface area contributed by atoms with Gasteiger partial charge in [-0.25, -0.2) is 0 Å². The lowest BCUT2D eigenvalue weighted by Crippen LogP contribution is -2.35. The average molecular weight is 332 g/mol. The average Bonchev–Trinajstić information content (AvgIpc) is 3.13. The van der Waals surface area contributed by atoms with Crippen molar-refractivity contribution in [2.45, 2.75) is 12.1 Å². The summed E-state index contributed by atoms with van der Waals surface area (Å²) in [4.78, 5) is 10.3. The summed E-state index contributed by atoms with van der Waals surface area (Å²) >= 11 is 7.37. The van der Waals surface area contributed by atoms with Gasteiger partial charge < -0.3 is 15.1 Å². The summed E-state index contributed by atoms with van der Waals surface area (Å²) in [6.07, 6.45) is 1.84. The summed E-state index contributed by atoms with van der Waals surface area (Å²) in [5, 5.41) is 6.40. The molecule has 0 spiro atoms. The number of nitrogens with zero attached hydrogens (tertiary/aromatic N) is 3. The second-order valence-corrected chi connectivity index (χ2v) is 7.00. The van der Waals surface area contributed by atoms with Crippen LogP contribution in [0, 0.1) is 0 Å². The number of pyridine rings is 1. The molecule has 1 saturated heterocycles. The Morgan fingerprint density at radius 1 is 1.32 bits per heavy atom. The van der Waals surface area contributed by atoms with E-state index in [9.17, 15) is 0 Å². The fourth-order valence-corrected chi connectivity index (χ4v) is 3.93. The van der Waals surface area contributed by atoms with Crippen LogP contribution < -0.4 is 5.32 Å². The lowest BCUT2D eigenvalue weighted by molar-refractivity contribution is 0.280. The maximum atomic E-state index is 5.59. The van der Waals surface area contributed by atoms with Gasteiger partial charge in [0, 0.05) is 24.2 Å². The van der Waals surface area contributed by atoms with Crippen molar-refractivity contribution in [3.8, 4) is 0 Å². The van der Waals surface area contributed by atoms with Crippen LogP contribution in [0.5, 0.6) is 0 Å². The number of hydrogen-bond donors (Lipinski definition) is 1. The molecule has 116 valence electrons. The molecule has 2 aromatic rings. The van der Waals surface area contributed by atoms with Crippen molar-refractivity contribution in [3.05, 3.63) is 52.5 Å². The fraction of sp³-hybridized carbons (Fsp3) is 0.375. The van der Waals surface area contributed by atoms with Gasteiger partial charge in [0.2, 0.25) is 0 Å². The number of rotatable bonds is 5. The largest absolute Gasteiger partial charge is 0.352 e. The van der Waals surface area contributed by atoms with Crippen molar-refractivity contribution in [2.75, 3.05) is 27.2 Å². The van der Waals surface area contributed by atoms with Gasteiger partial charge in [0.15, 0.2) is 5.11 Å². The molecule has 0 unspecified atom stereocenters. The molecule has 0 aromatic carbocycles. The van der Waals surface area contributed by atoms with Gasteiger partial charge >= 0.3 is 0 Å². The standard InChI is InChI=1S/C16H20N4S2/c1-19(2)9-10-20-15(13-7-5-11-22-13)14(18-16(20)21)12-6-3-4-8-17-12/h3-8,11,14-15H,9-10H2,1-2H3,(H,18,21)/t14-,15-/m1/s1. The molecule has 0 amide bonds. The highest BCUT2D eigenvalue weighted by Gasteiger charge is 2.39. The molecule has 0 saturated carbocycles. The van der Waals surface area contributed by atoms with Gasteiger partial charge in [-0.1, -0.05) is 12.1 Å². The summed E-state index contributed by atoms with van der Waals surface area (Å²) in [5.74, 6) is 0. The third kappa shape index (κ3) is 3.14. The van der Waals surface area contributed by atoms with Crippen molar-refractivity contribution in [1.82, 2.24) is 20.1 Å². The first kappa shape index (κ1) is 15.4. The van der Waals surface area contributed by atoms with Crippen LogP contribution in [0.15, 0.2) is 41.9 Å². The van der Waals surface area contributed by atoms with E-state index >= 15 is 0 Å². The lowest BCUT2D eigenvalue weighted by Gasteiger charge is -2.27. The van der Waals surface area contributed by atoms with Gasteiger partial charge in [0.1, 0.15) is 0 Å². The van der Waals surface area contributed by atoms with Gasteiger partial charge in [-0.2, -0.15) is 0 Å². The predicted molar refractivity (Wildman–Crippen MR) is 95.0 cm³/mol. The van der Waals surface area contributed by atoms with Crippen LogP contribution in [0.4, 0.5) is 0 Å². The van der Waals surface area contributed by atoms with E-state index in [0.717, 1.165) is 23.9 Å². The minimum atomic E-state index is 0.106. The van der Waals surface area contributed by atoms with E-state index < -0.39 is 0 Å². The summed E-state index contributed by atoms with van der Waals surface area (Å²) < 4.78 is 0. The van der Waals surface area contributed by atoms with E-state index in [2.05, 4.69) is 57.8 Å². The lowest BCUT2D eigenvalue weighted by atomic mass is 10.0. The Morgan fingerprint density at radius 2 is 2.18 bits per heavy atom. The number of thiophene rings is 1. The SMILES string of the molecule is CN(C)CCN1C(=S)N[C@H](c2ccccn2)[C@H]1c1cccs1. The van der Waals surface area contributed by atoms with Gasteiger partial charge in [0.05, 0.1) is 17.8 Å². The number of aromatic nitrogens is 1. The molecule has 4 nitrogen and oxygen atoms in total. The van der Waals surface area contributed by atoms with E-state index in [1.54, 1.807) is 11.3 Å². The predicted octanol–water partition coefficient (Wildman–Crippen LogP) is 2.68. The molecule has 1 aliphatic rings. The highest BCUT2D eigenvalue weighted by molar-refractivity contribution is 7.80. The molecule has 3 heterocycles. The topological polar surface area (TPSA) is 31.4 Å². The van der Waals surface area contributed by atoms with Crippen LogP contribution in [0.25, 0.3) is 0 Å². The Balaban J connectivity index is 1.92. The van der Waals surface area contributed by atoms with E-state index in [1.165, 1.54) is 4.88 Å². The molecule has 0 aliphatic carbocycles. The zero-order valence-corrected chi connectivity index (χ0v) is 14.4. The monoisotopic (exact) mass is 332 g/mol. The van der Waals surface area contributed by atoms with Crippen LogP contribution in [0.2, 0.25) is 0 Å². The molecule has 0 bridgehead atoms. The number of hydrogen-bond acceptors (Lipinski definition) is 4. The number of nitrogens with one attached hydrogen (secondary N) is 1. The Hall–Kier alpha value is -1.50. The Morgan fingerprint density at radius 3 is 2.82 bits per heavy atom. The van der Waals surface area contributed by atoms with E-state index in [0.29, 0.717) is 0 Å². The minimum absolute atomic E-state index is 0.106. The summed E-state index contributed by atoms with van der Waals surface area (Å²) in [5.41, 5.74) is 1.04. The van der Waals surface area contributed by atoms with Gasteiger partial charge in [-0.3, -0.25) is 4.98 Å². The van der Waals surface area contributed by atoms with Crippen molar-refractivity contribution in [2.24, 2.45) is 0 Å². The molecule has 1 fully saturated rings. The van der Waals surface area contributed by atoms with Crippen molar-refractivity contribution in [1.29, 1.82) is 0 Å². The Labute approximate surface area is 140 Å². The van der Waals surface area contributed by atoms with Crippen LogP contribution in [-0.2, 0) is 0 Å².